The second kappa shape index (κ2) is 5.51. The van der Waals surface area contributed by atoms with Crippen LogP contribution >= 0.6 is 11.6 Å². The van der Waals surface area contributed by atoms with E-state index in [9.17, 15) is 4.79 Å². The van der Waals surface area contributed by atoms with Crippen molar-refractivity contribution in [3.8, 4) is 0 Å². The summed E-state index contributed by atoms with van der Waals surface area (Å²) in [6, 6.07) is 16.7. The van der Waals surface area contributed by atoms with E-state index in [2.05, 4.69) is 6.07 Å². The standard InChI is InChI=1S/C14H10ClO2/c15-13-8-6-11(7-9-13)10-17-14(16)12-4-2-1-3-5-12/h2-9H,10H2. The monoisotopic (exact) mass is 245 g/mol. The smallest absolute Gasteiger partial charge is 0.338 e. The molecule has 0 spiro atoms. The molecule has 0 aliphatic carbocycles. The zero-order valence-corrected chi connectivity index (χ0v) is 9.78. The molecule has 2 nitrogen and oxygen atoms in total. The lowest BCUT2D eigenvalue weighted by Crippen LogP contribution is -2.04. The van der Waals surface area contributed by atoms with E-state index in [1.165, 1.54) is 0 Å². The molecule has 3 heteroatoms. The molecule has 2 rings (SSSR count). The fourth-order valence-electron chi connectivity index (χ4n) is 1.34. The van der Waals surface area contributed by atoms with Crippen molar-refractivity contribution in [3.63, 3.8) is 0 Å². The van der Waals surface area contributed by atoms with Crippen LogP contribution in [0.15, 0.2) is 48.5 Å². The van der Waals surface area contributed by atoms with Crippen molar-refractivity contribution in [1.82, 2.24) is 0 Å². The predicted octanol–water partition coefficient (Wildman–Crippen LogP) is 3.50. The Balaban J connectivity index is 1.95. The molecule has 0 aromatic heterocycles. The summed E-state index contributed by atoms with van der Waals surface area (Å²) in [5.74, 6) is -0.339. The number of carbonyl (C=O) groups excluding carboxylic acids is 1. The first-order chi connectivity index (χ1) is 8.25. The van der Waals surface area contributed by atoms with E-state index in [-0.39, 0.29) is 12.6 Å². The zero-order chi connectivity index (χ0) is 12.1. The van der Waals surface area contributed by atoms with Crippen molar-refractivity contribution >= 4 is 17.6 Å². The van der Waals surface area contributed by atoms with Gasteiger partial charge in [0, 0.05) is 5.02 Å². The lowest BCUT2D eigenvalue weighted by molar-refractivity contribution is 0.0472. The van der Waals surface area contributed by atoms with Gasteiger partial charge >= 0.3 is 5.97 Å². The predicted molar refractivity (Wildman–Crippen MR) is 65.8 cm³/mol. The number of carbonyl (C=O) groups is 1. The largest absolute Gasteiger partial charge is 0.457 e. The Morgan fingerprint density at radius 1 is 1.12 bits per heavy atom. The Morgan fingerprint density at radius 3 is 2.41 bits per heavy atom. The molecule has 0 amide bonds. The molecule has 0 saturated carbocycles. The molecule has 0 bridgehead atoms. The minimum Gasteiger partial charge on any atom is -0.457 e. The molecular weight excluding hydrogens is 236 g/mol. The lowest BCUT2D eigenvalue weighted by Gasteiger charge is -2.04. The summed E-state index contributed by atoms with van der Waals surface area (Å²) in [4.78, 5) is 11.6. The highest BCUT2D eigenvalue weighted by Crippen LogP contribution is 2.11. The van der Waals surface area contributed by atoms with Crippen LogP contribution in [0.3, 0.4) is 0 Å². The Hall–Kier alpha value is -1.80. The van der Waals surface area contributed by atoms with Crippen molar-refractivity contribution in [2.24, 2.45) is 0 Å². The third-order valence-corrected chi connectivity index (χ3v) is 2.49. The molecule has 0 fully saturated rings. The van der Waals surface area contributed by atoms with Crippen LogP contribution in [0.5, 0.6) is 0 Å². The quantitative estimate of drug-likeness (QED) is 0.774. The van der Waals surface area contributed by atoms with Crippen molar-refractivity contribution in [1.29, 1.82) is 0 Å². The normalized spacial score (nSPS) is 9.94. The van der Waals surface area contributed by atoms with Crippen molar-refractivity contribution < 1.29 is 9.53 Å². The van der Waals surface area contributed by atoms with Crippen molar-refractivity contribution in [2.45, 2.75) is 6.61 Å². The third-order valence-electron chi connectivity index (χ3n) is 2.24. The molecule has 0 unspecified atom stereocenters. The molecule has 2 aromatic carbocycles. The fourth-order valence-corrected chi connectivity index (χ4v) is 1.46. The van der Waals surface area contributed by atoms with Gasteiger partial charge in [-0.15, -0.1) is 0 Å². The van der Waals surface area contributed by atoms with Crippen LogP contribution in [0.1, 0.15) is 15.9 Å². The topological polar surface area (TPSA) is 26.3 Å². The minimum atomic E-state index is -0.339. The highest BCUT2D eigenvalue weighted by atomic mass is 35.5. The average Bonchev–Trinajstić information content (AvgIpc) is 2.39. The summed E-state index contributed by atoms with van der Waals surface area (Å²) in [5.41, 5.74) is 1.43. The van der Waals surface area contributed by atoms with E-state index >= 15 is 0 Å². The number of hydrogen-bond donors (Lipinski definition) is 0. The van der Waals surface area contributed by atoms with Gasteiger partial charge in [0.15, 0.2) is 0 Å². The number of hydrogen-bond acceptors (Lipinski definition) is 2. The summed E-state index contributed by atoms with van der Waals surface area (Å²) in [6.07, 6.45) is 0. The van der Waals surface area contributed by atoms with Gasteiger partial charge in [0.1, 0.15) is 6.61 Å². The van der Waals surface area contributed by atoms with Crippen LogP contribution in [0, 0.1) is 6.07 Å². The summed E-state index contributed by atoms with van der Waals surface area (Å²) in [5, 5.41) is 0.665. The van der Waals surface area contributed by atoms with E-state index in [4.69, 9.17) is 16.3 Å². The van der Waals surface area contributed by atoms with E-state index in [0.29, 0.717) is 10.6 Å². The van der Waals surface area contributed by atoms with Crippen LogP contribution in [0.2, 0.25) is 5.02 Å². The lowest BCUT2D eigenvalue weighted by atomic mass is 10.2. The van der Waals surface area contributed by atoms with Crippen LogP contribution in [0.25, 0.3) is 0 Å². The van der Waals surface area contributed by atoms with Gasteiger partial charge in [0.2, 0.25) is 0 Å². The van der Waals surface area contributed by atoms with Gasteiger partial charge < -0.3 is 4.74 Å². The Labute approximate surface area is 105 Å². The number of halogens is 1. The van der Waals surface area contributed by atoms with Crippen LogP contribution < -0.4 is 0 Å². The summed E-state index contributed by atoms with van der Waals surface area (Å²) in [7, 11) is 0. The van der Waals surface area contributed by atoms with E-state index in [1.54, 1.807) is 36.4 Å². The molecular formula is C14H10ClO2. The first kappa shape index (κ1) is 11.7. The second-order valence-electron chi connectivity index (χ2n) is 3.49. The SMILES string of the molecule is O=C(OCc1ccc(Cl)cc1)c1cc[c]cc1. The van der Waals surface area contributed by atoms with Gasteiger partial charge in [0.25, 0.3) is 0 Å². The van der Waals surface area contributed by atoms with E-state index in [0.717, 1.165) is 5.56 Å². The minimum absolute atomic E-state index is 0.245. The molecule has 0 aliphatic heterocycles. The maximum Gasteiger partial charge on any atom is 0.338 e. The summed E-state index contributed by atoms with van der Waals surface area (Å²) < 4.78 is 5.16. The highest BCUT2D eigenvalue weighted by Gasteiger charge is 2.05. The highest BCUT2D eigenvalue weighted by molar-refractivity contribution is 6.30. The molecule has 1 radical (unpaired) electrons. The van der Waals surface area contributed by atoms with Crippen LogP contribution in [-0.4, -0.2) is 5.97 Å². The van der Waals surface area contributed by atoms with Gasteiger partial charge in [-0.3, -0.25) is 0 Å². The van der Waals surface area contributed by atoms with Gasteiger partial charge in [-0.1, -0.05) is 35.9 Å². The number of rotatable bonds is 3. The van der Waals surface area contributed by atoms with E-state index in [1.807, 2.05) is 12.1 Å². The van der Waals surface area contributed by atoms with Crippen LogP contribution in [0.4, 0.5) is 0 Å². The molecule has 17 heavy (non-hydrogen) atoms. The van der Waals surface area contributed by atoms with Gasteiger partial charge in [-0.25, -0.2) is 4.79 Å². The molecule has 0 atom stereocenters. The Morgan fingerprint density at radius 2 is 1.76 bits per heavy atom. The Kier molecular flexibility index (Phi) is 3.78. The van der Waals surface area contributed by atoms with Crippen molar-refractivity contribution in [2.75, 3.05) is 0 Å². The molecule has 0 heterocycles. The van der Waals surface area contributed by atoms with Crippen LogP contribution in [-0.2, 0) is 11.3 Å². The van der Waals surface area contributed by atoms with E-state index < -0.39 is 0 Å². The zero-order valence-electron chi connectivity index (χ0n) is 9.02. The first-order valence-electron chi connectivity index (χ1n) is 5.13. The number of benzene rings is 2. The molecule has 0 N–H and O–H groups in total. The summed E-state index contributed by atoms with van der Waals surface area (Å²) >= 11 is 5.76. The van der Waals surface area contributed by atoms with Gasteiger partial charge in [-0.2, -0.15) is 0 Å². The number of esters is 1. The second-order valence-corrected chi connectivity index (χ2v) is 3.93. The molecule has 2 aromatic rings. The maximum atomic E-state index is 11.6. The van der Waals surface area contributed by atoms with Gasteiger partial charge in [-0.05, 0) is 35.9 Å². The fraction of sp³-hybridized carbons (Fsp3) is 0.0714. The Bertz CT molecular complexity index is 491. The molecule has 85 valence electrons. The third kappa shape index (κ3) is 3.33. The molecule has 0 saturated heterocycles. The van der Waals surface area contributed by atoms with Crippen molar-refractivity contribution in [3.05, 3.63) is 70.7 Å². The molecule has 0 aliphatic rings. The average molecular weight is 246 g/mol. The first-order valence-corrected chi connectivity index (χ1v) is 5.51. The summed E-state index contributed by atoms with van der Waals surface area (Å²) in [6.45, 7) is 0.245. The number of ether oxygens (including phenoxy) is 1. The van der Waals surface area contributed by atoms with Gasteiger partial charge in [0.05, 0.1) is 5.56 Å². The maximum absolute atomic E-state index is 11.6.